The van der Waals surface area contributed by atoms with Crippen molar-refractivity contribution in [1.82, 2.24) is 5.32 Å². The van der Waals surface area contributed by atoms with Crippen molar-refractivity contribution in [3.05, 3.63) is 58.4 Å². The Kier molecular flexibility index (Phi) is 5.86. The van der Waals surface area contributed by atoms with Gasteiger partial charge in [-0.3, -0.25) is 4.79 Å². The van der Waals surface area contributed by atoms with Crippen LogP contribution in [-0.4, -0.2) is 26.2 Å². The first-order valence-corrected chi connectivity index (χ1v) is 8.77. The Morgan fingerprint density at radius 3 is 2.81 bits per heavy atom. The number of amides is 1. The lowest BCUT2D eigenvalue weighted by atomic mass is 10.1. The number of hydrogen-bond acceptors (Lipinski definition) is 4. The van der Waals surface area contributed by atoms with Crippen molar-refractivity contribution in [3.63, 3.8) is 0 Å². The summed E-state index contributed by atoms with van der Waals surface area (Å²) < 4.78 is 29.7. The highest BCUT2D eigenvalue weighted by Gasteiger charge is 2.16. The average Bonchev–Trinajstić information content (AvgIpc) is 2.66. The van der Waals surface area contributed by atoms with Gasteiger partial charge in [0.2, 0.25) is 5.91 Å². The van der Waals surface area contributed by atoms with Crippen LogP contribution in [0.2, 0.25) is 5.02 Å². The Morgan fingerprint density at radius 2 is 2.07 bits per heavy atom. The number of carbonyl (C=O) groups is 1. The van der Waals surface area contributed by atoms with Crippen LogP contribution in [0.1, 0.15) is 24.1 Å². The Morgan fingerprint density at radius 1 is 1.30 bits per heavy atom. The van der Waals surface area contributed by atoms with Gasteiger partial charge in [0.25, 0.3) is 0 Å². The number of ether oxygens (including phenoxy) is 3. The molecule has 1 aliphatic rings. The van der Waals surface area contributed by atoms with E-state index in [1.165, 1.54) is 25.3 Å². The quantitative estimate of drug-likeness (QED) is 0.778. The minimum Gasteiger partial charge on any atom is -0.494 e. The number of benzene rings is 2. The van der Waals surface area contributed by atoms with E-state index in [0.717, 1.165) is 0 Å². The highest BCUT2D eigenvalue weighted by molar-refractivity contribution is 6.32. The van der Waals surface area contributed by atoms with Crippen LogP contribution in [0.4, 0.5) is 4.39 Å². The Hall–Kier alpha value is -2.73. The summed E-state index contributed by atoms with van der Waals surface area (Å²) in [6.45, 7) is 2.68. The molecule has 0 fully saturated rings. The van der Waals surface area contributed by atoms with E-state index in [-0.39, 0.29) is 17.7 Å². The average molecular weight is 392 g/mol. The summed E-state index contributed by atoms with van der Waals surface area (Å²) in [5, 5.41) is 3.21. The van der Waals surface area contributed by atoms with Gasteiger partial charge in [0, 0.05) is 6.08 Å². The van der Waals surface area contributed by atoms with E-state index in [2.05, 4.69) is 5.32 Å². The molecular weight excluding hydrogens is 373 g/mol. The van der Waals surface area contributed by atoms with Crippen molar-refractivity contribution < 1.29 is 23.4 Å². The lowest BCUT2D eigenvalue weighted by Gasteiger charge is -2.19. The van der Waals surface area contributed by atoms with E-state index in [1.807, 2.05) is 0 Å². The normalized spacial score (nSPS) is 14.1. The maximum absolute atomic E-state index is 13.8. The summed E-state index contributed by atoms with van der Waals surface area (Å²) >= 11 is 6.18. The van der Waals surface area contributed by atoms with Gasteiger partial charge in [-0.15, -0.1) is 0 Å². The zero-order valence-electron chi connectivity index (χ0n) is 14.9. The van der Waals surface area contributed by atoms with E-state index in [0.29, 0.717) is 40.9 Å². The molecule has 0 aliphatic carbocycles. The first kappa shape index (κ1) is 19.0. The second-order valence-electron chi connectivity index (χ2n) is 5.98. The fraction of sp³-hybridized carbons (Fsp3) is 0.250. The van der Waals surface area contributed by atoms with Gasteiger partial charge < -0.3 is 19.5 Å². The molecule has 1 N–H and O–H groups in total. The van der Waals surface area contributed by atoms with Crippen LogP contribution in [-0.2, 0) is 4.79 Å². The first-order valence-electron chi connectivity index (χ1n) is 8.39. The zero-order chi connectivity index (χ0) is 19.4. The number of nitrogens with one attached hydrogen (secondary N) is 1. The second kappa shape index (κ2) is 8.31. The van der Waals surface area contributed by atoms with Gasteiger partial charge in [0.15, 0.2) is 23.1 Å². The van der Waals surface area contributed by atoms with Gasteiger partial charge in [0.05, 0.1) is 18.2 Å². The van der Waals surface area contributed by atoms with E-state index in [4.69, 9.17) is 25.8 Å². The van der Waals surface area contributed by atoms with Crippen molar-refractivity contribution in [2.45, 2.75) is 13.0 Å². The van der Waals surface area contributed by atoms with E-state index in [9.17, 15) is 9.18 Å². The molecule has 0 bridgehead atoms. The SMILES string of the molecule is COc1ccc([C@@H](C)NC(=O)/C=C/c2cc(Cl)c3c(c2)OCCO3)cc1F. The Labute approximate surface area is 161 Å². The van der Waals surface area contributed by atoms with Crippen molar-refractivity contribution in [2.24, 2.45) is 0 Å². The molecule has 1 atom stereocenters. The van der Waals surface area contributed by atoms with E-state index in [1.54, 1.807) is 31.2 Å². The second-order valence-corrected chi connectivity index (χ2v) is 6.39. The number of rotatable bonds is 5. The van der Waals surface area contributed by atoms with Crippen molar-refractivity contribution in [1.29, 1.82) is 0 Å². The molecule has 3 rings (SSSR count). The number of halogens is 2. The summed E-state index contributed by atoms with van der Waals surface area (Å²) in [5.74, 6) is 0.436. The highest BCUT2D eigenvalue weighted by atomic mass is 35.5. The minimum absolute atomic E-state index is 0.160. The standard InChI is InChI=1S/C20H19ClFNO4/c1-12(14-4-5-17(25-2)16(22)11-14)23-19(24)6-3-13-9-15(21)20-18(10-13)26-7-8-27-20/h3-6,9-12H,7-8H2,1-2H3,(H,23,24)/b6-3+/t12-/m1/s1. The third-order valence-corrected chi connectivity index (χ3v) is 4.36. The molecule has 1 amide bonds. The molecule has 0 spiro atoms. The summed E-state index contributed by atoms with van der Waals surface area (Å²) in [5.41, 5.74) is 1.35. The third kappa shape index (κ3) is 4.52. The molecule has 5 nitrogen and oxygen atoms in total. The van der Waals surface area contributed by atoms with Gasteiger partial charge in [-0.25, -0.2) is 4.39 Å². The first-order chi connectivity index (χ1) is 13.0. The molecule has 0 saturated heterocycles. The highest BCUT2D eigenvalue weighted by Crippen LogP contribution is 2.38. The van der Waals surface area contributed by atoms with Gasteiger partial charge in [-0.1, -0.05) is 17.7 Å². The molecule has 1 aliphatic heterocycles. The van der Waals surface area contributed by atoms with Crippen LogP contribution in [0.5, 0.6) is 17.2 Å². The van der Waals surface area contributed by atoms with Gasteiger partial charge >= 0.3 is 0 Å². The fourth-order valence-electron chi connectivity index (χ4n) is 2.70. The molecule has 27 heavy (non-hydrogen) atoms. The number of fused-ring (bicyclic) bond motifs is 1. The van der Waals surface area contributed by atoms with Crippen molar-refractivity contribution in [3.8, 4) is 17.2 Å². The summed E-state index contributed by atoms with van der Waals surface area (Å²) in [6.07, 6.45) is 3.01. The number of hydrogen-bond donors (Lipinski definition) is 1. The van der Waals surface area contributed by atoms with Gasteiger partial charge in [-0.05, 0) is 48.4 Å². The molecule has 142 valence electrons. The van der Waals surface area contributed by atoms with E-state index >= 15 is 0 Å². The third-order valence-electron chi connectivity index (χ3n) is 4.08. The molecule has 2 aromatic rings. The molecule has 7 heteroatoms. The largest absolute Gasteiger partial charge is 0.494 e. The molecule has 2 aromatic carbocycles. The molecular formula is C20H19ClFNO4. The summed E-state index contributed by atoms with van der Waals surface area (Å²) in [7, 11) is 1.40. The van der Waals surface area contributed by atoms with Crippen LogP contribution < -0.4 is 19.5 Å². The van der Waals surface area contributed by atoms with Gasteiger partial charge in [0.1, 0.15) is 13.2 Å². The predicted octanol–water partition coefficient (Wildman–Crippen LogP) is 4.15. The monoisotopic (exact) mass is 391 g/mol. The molecule has 0 saturated carbocycles. The molecule has 0 radical (unpaired) electrons. The van der Waals surface area contributed by atoms with Crippen LogP contribution in [0.25, 0.3) is 6.08 Å². The lowest BCUT2D eigenvalue weighted by Crippen LogP contribution is -2.24. The Balaban J connectivity index is 1.66. The maximum atomic E-state index is 13.8. The Bertz CT molecular complexity index is 885. The topological polar surface area (TPSA) is 56.8 Å². The van der Waals surface area contributed by atoms with E-state index < -0.39 is 5.82 Å². The molecule has 0 unspecified atom stereocenters. The van der Waals surface area contributed by atoms with Crippen molar-refractivity contribution in [2.75, 3.05) is 20.3 Å². The minimum atomic E-state index is -0.474. The van der Waals surface area contributed by atoms with Crippen LogP contribution in [0.15, 0.2) is 36.4 Å². The number of methoxy groups -OCH3 is 1. The van der Waals surface area contributed by atoms with Crippen molar-refractivity contribution >= 4 is 23.6 Å². The summed E-state index contributed by atoms with van der Waals surface area (Å²) in [6, 6.07) is 7.66. The molecule has 1 heterocycles. The van der Waals surface area contributed by atoms with Crippen LogP contribution in [0, 0.1) is 5.82 Å². The maximum Gasteiger partial charge on any atom is 0.244 e. The fourth-order valence-corrected chi connectivity index (χ4v) is 2.97. The smallest absolute Gasteiger partial charge is 0.244 e. The van der Waals surface area contributed by atoms with Crippen LogP contribution in [0.3, 0.4) is 0 Å². The predicted molar refractivity (Wildman–Crippen MR) is 101 cm³/mol. The summed E-state index contributed by atoms with van der Waals surface area (Å²) in [4.78, 5) is 12.2. The zero-order valence-corrected chi connectivity index (χ0v) is 15.7. The number of carbonyl (C=O) groups excluding carboxylic acids is 1. The van der Waals surface area contributed by atoms with Gasteiger partial charge in [-0.2, -0.15) is 0 Å². The lowest BCUT2D eigenvalue weighted by molar-refractivity contribution is -0.117. The van der Waals surface area contributed by atoms with Crippen LogP contribution >= 0.6 is 11.6 Å². The molecule has 0 aromatic heterocycles.